The van der Waals surface area contributed by atoms with Crippen molar-refractivity contribution in [2.75, 3.05) is 0 Å². The molecule has 1 aliphatic rings. The number of benzene rings is 2. The van der Waals surface area contributed by atoms with E-state index < -0.39 is 11.6 Å². The van der Waals surface area contributed by atoms with Gasteiger partial charge in [-0.25, -0.2) is 0 Å². The molecule has 0 aliphatic heterocycles. The maximum Gasteiger partial charge on any atom is 0.207 e. The Morgan fingerprint density at radius 2 is 0.864 bits per heavy atom. The summed E-state index contributed by atoms with van der Waals surface area (Å²) >= 11 is 11.9. The second-order valence-corrected chi connectivity index (χ2v) is 5.52. The molecular formula is C18H10Cl2O2. The highest BCUT2D eigenvalue weighted by molar-refractivity contribution is 6.68. The zero-order valence-electron chi connectivity index (χ0n) is 11.3. The zero-order chi connectivity index (χ0) is 15.7. The van der Waals surface area contributed by atoms with Gasteiger partial charge < -0.3 is 0 Å². The van der Waals surface area contributed by atoms with Gasteiger partial charge in [0.15, 0.2) is 0 Å². The third kappa shape index (κ3) is 2.41. The first-order valence-electron chi connectivity index (χ1n) is 6.61. The van der Waals surface area contributed by atoms with E-state index in [1.165, 1.54) is 0 Å². The Hall–Kier alpha value is -2.16. The number of hydrogen-bond acceptors (Lipinski definition) is 2. The molecule has 22 heavy (non-hydrogen) atoms. The molecule has 4 heteroatoms. The van der Waals surface area contributed by atoms with Gasteiger partial charge in [0.25, 0.3) is 0 Å². The largest absolute Gasteiger partial charge is 0.288 e. The average molecular weight is 329 g/mol. The van der Waals surface area contributed by atoms with E-state index in [2.05, 4.69) is 0 Å². The molecule has 0 saturated heterocycles. The molecule has 0 N–H and O–H groups in total. The van der Waals surface area contributed by atoms with E-state index in [1.54, 1.807) is 48.5 Å². The summed E-state index contributed by atoms with van der Waals surface area (Å²) in [5, 5.41) is -0.463. The summed E-state index contributed by atoms with van der Waals surface area (Å²) in [6.45, 7) is 0. The van der Waals surface area contributed by atoms with Gasteiger partial charge in [-0.1, -0.05) is 83.9 Å². The van der Waals surface area contributed by atoms with Crippen LogP contribution in [0.1, 0.15) is 11.1 Å². The lowest BCUT2D eigenvalue weighted by atomic mass is 9.85. The second kappa shape index (κ2) is 5.91. The molecule has 0 bridgehead atoms. The Bertz CT molecular complexity index is 749. The van der Waals surface area contributed by atoms with Crippen molar-refractivity contribution < 1.29 is 9.59 Å². The summed E-state index contributed by atoms with van der Waals surface area (Å²) in [6, 6.07) is 18.0. The number of allylic oxidation sites excluding steroid dienone is 4. The third-order valence-corrected chi connectivity index (χ3v) is 4.24. The number of carbonyl (C=O) groups excluding carboxylic acids is 2. The molecule has 0 amide bonds. The lowest BCUT2D eigenvalue weighted by Gasteiger charge is -2.19. The van der Waals surface area contributed by atoms with Crippen LogP contribution >= 0.6 is 23.2 Å². The quantitative estimate of drug-likeness (QED) is 0.764. The van der Waals surface area contributed by atoms with E-state index >= 15 is 0 Å². The summed E-state index contributed by atoms with van der Waals surface area (Å²) in [6.07, 6.45) is 0. The highest BCUT2D eigenvalue weighted by Gasteiger charge is 2.34. The normalized spacial score (nSPS) is 15.5. The van der Waals surface area contributed by atoms with Crippen LogP contribution in [-0.2, 0) is 9.59 Å². The van der Waals surface area contributed by atoms with Crippen LogP contribution < -0.4 is 0 Å². The minimum absolute atomic E-state index is 0.231. The van der Waals surface area contributed by atoms with Crippen LogP contribution in [0, 0.1) is 0 Å². The van der Waals surface area contributed by atoms with Gasteiger partial charge in [0.1, 0.15) is 10.1 Å². The van der Waals surface area contributed by atoms with Crippen molar-refractivity contribution in [1.82, 2.24) is 0 Å². The Morgan fingerprint density at radius 3 is 1.18 bits per heavy atom. The minimum Gasteiger partial charge on any atom is -0.288 e. The van der Waals surface area contributed by atoms with Crippen LogP contribution in [0.25, 0.3) is 11.1 Å². The number of ketones is 2. The lowest BCUT2D eigenvalue weighted by Crippen LogP contribution is -2.18. The van der Waals surface area contributed by atoms with Gasteiger partial charge in [-0.3, -0.25) is 9.59 Å². The van der Waals surface area contributed by atoms with Gasteiger partial charge in [-0.15, -0.1) is 0 Å². The van der Waals surface area contributed by atoms with Crippen LogP contribution in [0.5, 0.6) is 0 Å². The number of hydrogen-bond donors (Lipinski definition) is 0. The highest BCUT2D eigenvalue weighted by atomic mass is 35.5. The monoisotopic (exact) mass is 328 g/mol. The first kappa shape index (κ1) is 14.8. The molecule has 0 unspecified atom stereocenters. The fraction of sp³-hybridized carbons (Fsp3) is 0. The maximum absolute atomic E-state index is 12.6. The number of halogens is 2. The van der Waals surface area contributed by atoms with Crippen molar-refractivity contribution in [1.29, 1.82) is 0 Å². The van der Waals surface area contributed by atoms with Crippen molar-refractivity contribution in [2.24, 2.45) is 0 Å². The maximum atomic E-state index is 12.6. The fourth-order valence-electron chi connectivity index (χ4n) is 2.41. The smallest absolute Gasteiger partial charge is 0.207 e. The molecule has 0 atom stereocenters. The molecule has 3 rings (SSSR count). The van der Waals surface area contributed by atoms with Crippen LogP contribution in [0.3, 0.4) is 0 Å². The van der Waals surface area contributed by atoms with Gasteiger partial charge >= 0.3 is 0 Å². The molecule has 2 aromatic carbocycles. The predicted molar refractivity (Wildman–Crippen MR) is 88.4 cm³/mol. The van der Waals surface area contributed by atoms with E-state index in [-0.39, 0.29) is 21.2 Å². The van der Waals surface area contributed by atoms with Gasteiger partial charge in [-0.05, 0) is 11.1 Å². The molecule has 0 aromatic heterocycles. The van der Waals surface area contributed by atoms with Crippen molar-refractivity contribution in [3.05, 3.63) is 81.9 Å². The summed E-state index contributed by atoms with van der Waals surface area (Å²) in [4.78, 5) is 25.2. The highest BCUT2D eigenvalue weighted by Crippen LogP contribution is 2.39. The average Bonchev–Trinajstić information content (AvgIpc) is 2.57. The minimum atomic E-state index is -0.434. The van der Waals surface area contributed by atoms with E-state index in [1.807, 2.05) is 12.1 Å². The summed E-state index contributed by atoms with van der Waals surface area (Å²) in [7, 11) is 0. The standard InChI is InChI=1S/C18H10Cl2O2/c19-15-16(20)18(22)14(12-9-5-2-6-10-12)13(17(15)21)11-7-3-1-4-8-11/h1-10H. The molecule has 2 aromatic rings. The molecule has 0 saturated carbocycles. The summed E-state index contributed by atoms with van der Waals surface area (Å²) in [5.74, 6) is -0.868. The number of Topliss-reactive ketones (excluding diaryl/α,β-unsaturated/α-hetero) is 2. The van der Waals surface area contributed by atoms with Crippen molar-refractivity contribution in [3.8, 4) is 0 Å². The SMILES string of the molecule is O=C1C(Cl)=C(Cl)C(=O)C(c2ccccc2)=C1c1ccccc1. The van der Waals surface area contributed by atoms with E-state index in [4.69, 9.17) is 23.2 Å². The Labute approximate surface area is 137 Å². The van der Waals surface area contributed by atoms with Crippen molar-refractivity contribution in [3.63, 3.8) is 0 Å². The van der Waals surface area contributed by atoms with Crippen LogP contribution in [0.2, 0.25) is 0 Å². The first-order chi connectivity index (χ1) is 10.6. The van der Waals surface area contributed by atoms with Crippen LogP contribution in [-0.4, -0.2) is 11.6 Å². The first-order valence-corrected chi connectivity index (χ1v) is 7.36. The Balaban J connectivity index is 2.32. The summed E-state index contributed by atoms with van der Waals surface area (Å²) < 4.78 is 0. The second-order valence-electron chi connectivity index (χ2n) is 4.77. The van der Waals surface area contributed by atoms with Crippen molar-refractivity contribution in [2.45, 2.75) is 0 Å². The summed E-state index contributed by atoms with van der Waals surface area (Å²) in [5.41, 5.74) is 1.85. The molecule has 0 spiro atoms. The van der Waals surface area contributed by atoms with Crippen LogP contribution in [0.4, 0.5) is 0 Å². The van der Waals surface area contributed by atoms with E-state index in [0.717, 1.165) is 0 Å². The lowest BCUT2D eigenvalue weighted by molar-refractivity contribution is -0.113. The molecule has 0 fully saturated rings. The van der Waals surface area contributed by atoms with Gasteiger partial charge in [0.05, 0.1) is 0 Å². The molecule has 0 heterocycles. The predicted octanol–water partition coefficient (Wildman–Crippen LogP) is 4.44. The fourth-order valence-corrected chi connectivity index (χ4v) is 2.77. The molecular weight excluding hydrogens is 319 g/mol. The molecule has 108 valence electrons. The third-order valence-electron chi connectivity index (χ3n) is 3.42. The van der Waals surface area contributed by atoms with Gasteiger partial charge in [0.2, 0.25) is 11.6 Å². The van der Waals surface area contributed by atoms with E-state index in [0.29, 0.717) is 11.1 Å². The molecule has 1 aliphatic carbocycles. The van der Waals surface area contributed by atoms with Gasteiger partial charge in [0, 0.05) is 11.1 Å². The molecule has 2 nitrogen and oxygen atoms in total. The van der Waals surface area contributed by atoms with Gasteiger partial charge in [-0.2, -0.15) is 0 Å². The Morgan fingerprint density at radius 1 is 0.545 bits per heavy atom. The number of carbonyl (C=O) groups is 2. The van der Waals surface area contributed by atoms with Crippen LogP contribution in [0.15, 0.2) is 70.7 Å². The molecule has 0 radical (unpaired) electrons. The Kier molecular flexibility index (Phi) is 3.97. The van der Waals surface area contributed by atoms with Crippen molar-refractivity contribution >= 4 is 45.9 Å². The number of rotatable bonds is 2. The van der Waals surface area contributed by atoms with E-state index in [9.17, 15) is 9.59 Å². The zero-order valence-corrected chi connectivity index (χ0v) is 12.9. The topological polar surface area (TPSA) is 34.1 Å².